The van der Waals surface area contributed by atoms with Crippen LogP contribution in [0.15, 0.2) is 6.20 Å². The van der Waals surface area contributed by atoms with Crippen LogP contribution in [-0.2, 0) is 4.79 Å². The summed E-state index contributed by atoms with van der Waals surface area (Å²) in [4.78, 5) is 12.2. The van der Waals surface area contributed by atoms with E-state index >= 15 is 0 Å². The van der Waals surface area contributed by atoms with Gasteiger partial charge in [-0.1, -0.05) is 12.2 Å². The molecule has 21 heavy (non-hydrogen) atoms. The summed E-state index contributed by atoms with van der Waals surface area (Å²) in [5.74, 6) is -1.80. The number of carbonyl (C=O) groups is 1. The lowest BCUT2D eigenvalue weighted by Gasteiger charge is -2.29. The number of hydrogen-bond acceptors (Lipinski definition) is 3. The van der Waals surface area contributed by atoms with Gasteiger partial charge >= 0.3 is 6.18 Å². The van der Waals surface area contributed by atoms with Crippen LogP contribution in [0.1, 0.15) is 31.2 Å². The average Bonchev–Trinajstić information content (AvgIpc) is 2.86. The summed E-state index contributed by atoms with van der Waals surface area (Å²) in [7, 11) is 0. The van der Waals surface area contributed by atoms with E-state index in [0.29, 0.717) is 5.56 Å². The first kappa shape index (κ1) is 15.7. The zero-order valence-corrected chi connectivity index (χ0v) is 11.9. The number of rotatable bonds is 3. The number of amides is 1. The summed E-state index contributed by atoms with van der Waals surface area (Å²) in [6.07, 6.45) is -2.40. The molecule has 0 saturated heterocycles. The Morgan fingerprint density at radius 3 is 2.52 bits per heavy atom. The Balaban J connectivity index is 1.94. The first-order valence-corrected chi connectivity index (χ1v) is 6.90. The number of carbonyl (C=O) groups excluding carboxylic acids is 1. The predicted octanol–water partition coefficient (Wildman–Crippen LogP) is 2.35. The lowest BCUT2D eigenvalue weighted by molar-refractivity contribution is -0.184. The summed E-state index contributed by atoms with van der Waals surface area (Å²) in [6, 6.07) is 0. The van der Waals surface area contributed by atoms with E-state index in [-0.39, 0.29) is 42.4 Å². The number of thiocarbonyl (C=S) groups is 1. The van der Waals surface area contributed by atoms with Gasteiger partial charge in [0.15, 0.2) is 0 Å². The maximum absolute atomic E-state index is 12.6. The molecule has 1 amide bonds. The van der Waals surface area contributed by atoms with Gasteiger partial charge < -0.3 is 11.1 Å². The summed E-state index contributed by atoms with van der Waals surface area (Å²) in [5.41, 5.74) is 5.88. The van der Waals surface area contributed by atoms with Crippen molar-refractivity contribution in [3.63, 3.8) is 0 Å². The standard InChI is InChI=1S/C12H15F3N4OS/c13-12(14,15)7-3-1-6(2-4-7)11(20)18-10-8(9(16)21)5-17-19-10/h5-7H,1-4H2,(H2,16,21)(H2,17,18,19,20). The quantitative estimate of drug-likeness (QED) is 0.747. The zero-order valence-electron chi connectivity index (χ0n) is 11.0. The molecule has 0 unspecified atom stereocenters. The number of aromatic nitrogens is 2. The van der Waals surface area contributed by atoms with Crippen LogP contribution in [0, 0.1) is 11.8 Å². The summed E-state index contributed by atoms with van der Waals surface area (Å²) >= 11 is 4.81. The number of H-pyrrole nitrogens is 1. The molecule has 0 bridgehead atoms. The molecular weight excluding hydrogens is 305 g/mol. The summed E-state index contributed by atoms with van der Waals surface area (Å²) in [5, 5.41) is 8.88. The molecule has 4 N–H and O–H groups in total. The molecule has 116 valence electrons. The molecule has 0 radical (unpaired) electrons. The second-order valence-electron chi connectivity index (χ2n) is 5.10. The molecule has 1 heterocycles. The highest BCUT2D eigenvalue weighted by molar-refractivity contribution is 7.80. The molecule has 1 saturated carbocycles. The van der Waals surface area contributed by atoms with Crippen LogP contribution < -0.4 is 11.1 Å². The van der Waals surface area contributed by atoms with E-state index in [0.717, 1.165) is 0 Å². The molecule has 9 heteroatoms. The number of nitrogens with zero attached hydrogens (tertiary/aromatic N) is 1. The Morgan fingerprint density at radius 1 is 1.38 bits per heavy atom. The number of alkyl halides is 3. The molecular formula is C12H15F3N4OS. The average molecular weight is 320 g/mol. The third-order valence-electron chi connectivity index (χ3n) is 3.71. The van der Waals surface area contributed by atoms with Crippen molar-refractivity contribution in [2.75, 3.05) is 5.32 Å². The predicted molar refractivity (Wildman–Crippen MR) is 74.6 cm³/mol. The van der Waals surface area contributed by atoms with Gasteiger partial charge in [-0.25, -0.2) is 0 Å². The van der Waals surface area contributed by atoms with Gasteiger partial charge in [0, 0.05) is 5.92 Å². The molecule has 0 spiro atoms. The zero-order chi connectivity index (χ0) is 15.6. The molecule has 2 rings (SSSR count). The Morgan fingerprint density at radius 2 is 2.00 bits per heavy atom. The lowest BCUT2D eigenvalue weighted by atomic mass is 9.81. The molecule has 1 fully saturated rings. The molecule has 1 aliphatic carbocycles. The Labute approximate surface area is 124 Å². The van der Waals surface area contributed by atoms with Gasteiger partial charge in [-0.3, -0.25) is 9.89 Å². The molecule has 1 aromatic rings. The van der Waals surface area contributed by atoms with Crippen LogP contribution >= 0.6 is 12.2 Å². The minimum absolute atomic E-state index is 0.0211. The Hall–Kier alpha value is -1.64. The van der Waals surface area contributed by atoms with Gasteiger partial charge in [0.25, 0.3) is 0 Å². The van der Waals surface area contributed by atoms with Crippen molar-refractivity contribution in [3.05, 3.63) is 11.8 Å². The molecule has 0 aliphatic heterocycles. The Bertz CT molecular complexity index is 535. The second kappa shape index (κ2) is 6.00. The normalized spacial score (nSPS) is 22.8. The number of nitrogens with one attached hydrogen (secondary N) is 2. The maximum Gasteiger partial charge on any atom is 0.391 e. The molecule has 5 nitrogen and oxygen atoms in total. The van der Waals surface area contributed by atoms with E-state index < -0.39 is 18.0 Å². The van der Waals surface area contributed by atoms with E-state index in [1.54, 1.807) is 0 Å². The van der Waals surface area contributed by atoms with Crippen molar-refractivity contribution in [3.8, 4) is 0 Å². The highest BCUT2D eigenvalue weighted by Gasteiger charge is 2.42. The van der Waals surface area contributed by atoms with Gasteiger partial charge in [0.2, 0.25) is 5.91 Å². The fourth-order valence-corrected chi connectivity index (χ4v) is 2.63. The first-order valence-electron chi connectivity index (χ1n) is 6.49. The van der Waals surface area contributed by atoms with Gasteiger partial charge in [0.1, 0.15) is 10.8 Å². The van der Waals surface area contributed by atoms with Crippen molar-refractivity contribution in [1.82, 2.24) is 10.2 Å². The highest BCUT2D eigenvalue weighted by atomic mass is 32.1. The minimum atomic E-state index is -4.18. The third kappa shape index (κ3) is 3.72. The largest absolute Gasteiger partial charge is 0.391 e. The maximum atomic E-state index is 12.6. The molecule has 1 aliphatic rings. The fourth-order valence-electron chi connectivity index (χ4n) is 2.48. The first-order chi connectivity index (χ1) is 9.79. The van der Waals surface area contributed by atoms with Gasteiger partial charge in [-0.05, 0) is 25.7 Å². The van der Waals surface area contributed by atoms with Gasteiger partial charge in [0.05, 0.1) is 17.7 Å². The van der Waals surface area contributed by atoms with Gasteiger partial charge in [-0.15, -0.1) is 0 Å². The molecule has 1 aromatic heterocycles. The van der Waals surface area contributed by atoms with Crippen LogP contribution in [0.2, 0.25) is 0 Å². The second-order valence-corrected chi connectivity index (χ2v) is 5.54. The van der Waals surface area contributed by atoms with E-state index in [9.17, 15) is 18.0 Å². The van der Waals surface area contributed by atoms with E-state index in [2.05, 4.69) is 15.5 Å². The topological polar surface area (TPSA) is 83.8 Å². The number of aromatic amines is 1. The summed E-state index contributed by atoms with van der Waals surface area (Å²) < 4.78 is 37.7. The Kier molecular flexibility index (Phi) is 4.50. The van der Waals surface area contributed by atoms with Crippen LogP contribution in [0.5, 0.6) is 0 Å². The van der Waals surface area contributed by atoms with Crippen LogP contribution in [0.3, 0.4) is 0 Å². The number of nitrogens with two attached hydrogens (primary N) is 1. The smallest absolute Gasteiger partial charge is 0.389 e. The van der Waals surface area contributed by atoms with E-state index in [4.69, 9.17) is 18.0 Å². The minimum Gasteiger partial charge on any atom is -0.389 e. The van der Waals surface area contributed by atoms with Crippen molar-refractivity contribution < 1.29 is 18.0 Å². The van der Waals surface area contributed by atoms with Crippen molar-refractivity contribution in [2.24, 2.45) is 17.6 Å². The van der Waals surface area contributed by atoms with Crippen LogP contribution in [0.4, 0.5) is 19.0 Å². The molecule has 0 atom stereocenters. The number of halogens is 3. The van der Waals surface area contributed by atoms with Crippen molar-refractivity contribution in [1.29, 1.82) is 0 Å². The van der Waals surface area contributed by atoms with E-state index in [1.165, 1.54) is 6.20 Å². The number of hydrogen-bond donors (Lipinski definition) is 3. The lowest BCUT2D eigenvalue weighted by Crippen LogP contribution is -2.33. The third-order valence-corrected chi connectivity index (χ3v) is 3.93. The van der Waals surface area contributed by atoms with Crippen LogP contribution in [0.25, 0.3) is 0 Å². The van der Waals surface area contributed by atoms with Crippen molar-refractivity contribution in [2.45, 2.75) is 31.9 Å². The monoisotopic (exact) mass is 320 g/mol. The fraction of sp³-hybridized carbons (Fsp3) is 0.583. The van der Waals surface area contributed by atoms with E-state index in [1.807, 2.05) is 0 Å². The number of anilines is 1. The molecule has 0 aromatic carbocycles. The SMILES string of the molecule is NC(=S)c1cn[nH]c1NC(=O)C1CCC(C(F)(F)F)CC1. The summed E-state index contributed by atoms with van der Waals surface area (Å²) in [6.45, 7) is 0. The highest BCUT2D eigenvalue weighted by Crippen LogP contribution is 2.39. The van der Waals surface area contributed by atoms with Crippen LogP contribution in [-0.4, -0.2) is 27.3 Å². The van der Waals surface area contributed by atoms with Gasteiger partial charge in [-0.2, -0.15) is 18.3 Å². The van der Waals surface area contributed by atoms with Crippen molar-refractivity contribution >= 4 is 28.9 Å².